The third-order valence-corrected chi connectivity index (χ3v) is 12.3. The molecule has 0 saturated carbocycles. The molecular formula is C61H37N7. The molecule has 0 fully saturated rings. The smallest absolute Gasteiger partial charge is 0.211 e. The fourth-order valence-corrected chi connectivity index (χ4v) is 9.03. The van der Waals surface area contributed by atoms with Crippen LogP contribution >= 0.6 is 0 Å². The quantitative estimate of drug-likeness (QED) is 0.136. The molecule has 0 bridgehead atoms. The number of rotatable bonds is 9. The second-order valence-electron chi connectivity index (χ2n) is 16.3. The van der Waals surface area contributed by atoms with E-state index in [4.69, 9.17) is 29.7 Å². The molecular weight excluding hydrogens is 831 g/mol. The van der Waals surface area contributed by atoms with Gasteiger partial charge in [-0.3, -0.25) is 0 Å². The third-order valence-electron chi connectivity index (χ3n) is 12.3. The third kappa shape index (κ3) is 7.47. The zero-order chi connectivity index (χ0) is 46.0. The summed E-state index contributed by atoms with van der Waals surface area (Å²) in [6.07, 6.45) is 0. The highest BCUT2D eigenvalue weighted by Gasteiger charge is 2.20. The van der Waals surface area contributed by atoms with Gasteiger partial charge in [-0.25, -0.2) is 24.5 Å². The van der Waals surface area contributed by atoms with E-state index in [1.54, 1.807) is 12.1 Å². The molecule has 0 unspecified atom stereocenters. The number of aromatic nitrogens is 3. The lowest BCUT2D eigenvalue weighted by atomic mass is 9.98. The normalized spacial score (nSPS) is 10.9. The minimum absolute atomic E-state index is 0.428. The molecule has 0 aliphatic heterocycles. The fraction of sp³-hybridized carbons (Fsp3) is 0. The van der Waals surface area contributed by atoms with Gasteiger partial charge in [0.05, 0.1) is 47.8 Å². The minimum Gasteiger partial charge on any atom is -0.319 e. The standard InChI is InChI=1S/C61H37N7/c1-62-53-23-13-10-21-50(53)56-40-55(65-61(66-56)51-22-11-14-24-54(51)63-2)44-32-30-42(31-33-44)41-26-28-43(29-27-41)45-34-36-60(57(38-45)64-3)68-58-25-15-12-20-49(58)52-39-48(35-37-59(52)68)67(46-16-6-4-7-17-46)47-18-8-5-9-19-47/h4-40H. The Kier molecular flexibility index (Phi) is 10.6. The summed E-state index contributed by atoms with van der Waals surface area (Å²) in [5, 5.41) is 2.22. The van der Waals surface area contributed by atoms with Gasteiger partial charge in [-0.15, -0.1) is 0 Å². The Balaban J connectivity index is 0.907. The van der Waals surface area contributed by atoms with Crippen LogP contribution in [0.25, 0.3) is 98.2 Å². The SMILES string of the molecule is [C-]#[N+]c1ccccc1-c1cc(-c2ccc(-c3ccc(-c4ccc(-n5c6ccccc6c6cc(N(c7ccccc7)c7ccccc7)ccc65)c([N+]#[C-])c4)cc3)cc2)nc(-c2ccccc2[N+]#[C-])n1. The Morgan fingerprint density at radius 3 is 1.50 bits per heavy atom. The first-order valence-corrected chi connectivity index (χ1v) is 22.1. The van der Waals surface area contributed by atoms with Gasteiger partial charge in [0, 0.05) is 44.5 Å². The molecule has 2 heterocycles. The van der Waals surface area contributed by atoms with E-state index in [0.717, 1.165) is 72.4 Å². The molecule has 0 spiro atoms. The van der Waals surface area contributed by atoms with E-state index in [-0.39, 0.29) is 0 Å². The van der Waals surface area contributed by atoms with Gasteiger partial charge >= 0.3 is 0 Å². The molecule has 2 aromatic heterocycles. The number of fused-ring (bicyclic) bond motifs is 3. The second-order valence-corrected chi connectivity index (χ2v) is 16.3. The van der Waals surface area contributed by atoms with Crippen LogP contribution in [0.15, 0.2) is 224 Å². The Bertz CT molecular complexity index is 3700. The van der Waals surface area contributed by atoms with Crippen molar-refractivity contribution in [3.63, 3.8) is 0 Å². The van der Waals surface area contributed by atoms with Crippen molar-refractivity contribution >= 4 is 55.9 Å². The fourth-order valence-electron chi connectivity index (χ4n) is 9.03. The molecule has 11 aromatic rings. The maximum atomic E-state index is 8.39. The van der Waals surface area contributed by atoms with Gasteiger partial charge in [-0.05, 0) is 89.0 Å². The molecule has 0 saturated heterocycles. The van der Waals surface area contributed by atoms with E-state index in [2.05, 4.69) is 164 Å². The molecule has 0 aliphatic carbocycles. The Hall–Kier alpha value is -9.87. The number of anilines is 3. The summed E-state index contributed by atoms with van der Waals surface area (Å²) in [7, 11) is 0. The second kappa shape index (κ2) is 17.6. The molecule has 7 heteroatoms. The Morgan fingerprint density at radius 2 is 0.853 bits per heavy atom. The van der Waals surface area contributed by atoms with E-state index in [0.29, 0.717) is 45.4 Å². The van der Waals surface area contributed by atoms with Gasteiger partial charge in [-0.2, -0.15) is 0 Å². The van der Waals surface area contributed by atoms with Gasteiger partial charge < -0.3 is 9.47 Å². The summed E-state index contributed by atoms with van der Waals surface area (Å²) >= 11 is 0. The summed E-state index contributed by atoms with van der Waals surface area (Å²) in [4.78, 5) is 23.7. The predicted molar refractivity (Wildman–Crippen MR) is 277 cm³/mol. The molecule has 0 amide bonds. The largest absolute Gasteiger partial charge is 0.319 e. The van der Waals surface area contributed by atoms with Gasteiger partial charge in [0.25, 0.3) is 0 Å². The molecule has 68 heavy (non-hydrogen) atoms. The molecule has 0 radical (unpaired) electrons. The first-order valence-electron chi connectivity index (χ1n) is 22.1. The zero-order valence-corrected chi connectivity index (χ0v) is 36.5. The maximum Gasteiger partial charge on any atom is 0.211 e. The van der Waals surface area contributed by atoms with Crippen molar-refractivity contribution in [2.24, 2.45) is 0 Å². The van der Waals surface area contributed by atoms with Crippen molar-refractivity contribution < 1.29 is 0 Å². The molecule has 316 valence electrons. The lowest BCUT2D eigenvalue weighted by Gasteiger charge is -2.25. The van der Waals surface area contributed by atoms with E-state index >= 15 is 0 Å². The monoisotopic (exact) mass is 867 g/mol. The van der Waals surface area contributed by atoms with E-state index in [9.17, 15) is 0 Å². The highest BCUT2D eigenvalue weighted by Crippen LogP contribution is 2.42. The first-order chi connectivity index (χ1) is 33.6. The number of nitrogens with zero attached hydrogens (tertiary/aromatic N) is 7. The molecule has 0 N–H and O–H groups in total. The van der Waals surface area contributed by atoms with Crippen LogP contribution in [0, 0.1) is 19.7 Å². The van der Waals surface area contributed by atoms with Crippen LogP contribution in [0.1, 0.15) is 0 Å². The lowest BCUT2D eigenvalue weighted by molar-refractivity contribution is 1.19. The number of benzene rings is 9. The summed E-state index contributed by atoms with van der Waals surface area (Å²) in [5.41, 5.74) is 15.2. The molecule has 7 nitrogen and oxygen atoms in total. The van der Waals surface area contributed by atoms with E-state index < -0.39 is 0 Å². The first kappa shape index (κ1) is 40.9. The number of hydrogen-bond donors (Lipinski definition) is 0. The molecule has 9 aromatic carbocycles. The predicted octanol–water partition coefficient (Wildman–Crippen LogP) is 17.0. The van der Waals surface area contributed by atoms with Gasteiger partial charge in [0.2, 0.25) is 5.69 Å². The van der Waals surface area contributed by atoms with Crippen molar-refractivity contribution in [1.82, 2.24) is 14.5 Å². The van der Waals surface area contributed by atoms with Crippen molar-refractivity contribution in [2.45, 2.75) is 0 Å². The van der Waals surface area contributed by atoms with Crippen LogP contribution in [-0.2, 0) is 0 Å². The van der Waals surface area contributed by atoms with Crippen LogP contribution < -0.4 is 4.90 Å². The average Bonchev–Trinajstić information content (AvgIpc) is 3.74. The number of para-hydroxylation sites is 5. The van der Waals surface area contributed by atoms with Gasteiger partial charge in [0.1, 0.15) is 5.82 Å². The van der Waals surface area contributed by atoms with Crippen LogP contribution in [-0.4, -0.2) is 14.5 Å². The van der Waals surface area contributed by atoms with Crippen LogP contribution in [0.5, 0.6) is 0 Å². The lowest BCUT2D eigenvalue weighted by Crippen LogP contribution is -2.09. The maximum absolute atomic E-state index is 8.39. The highest BCUT2D eigenvalue weighted by atomic mass is 15.1. The minimum atomic E-state index is 0.428. The van der Waals surface area contributed by atoms with E-state index in [1.165, 1.54) is 0 Å². The molecule has 0 aliphatic rings. The number of hydrogen-bond acceptors (Lipinski definition) is 3. The van der Waals surface area contributed by atoms with E-state index in [1.807, 2.05) is 72.8 Å². The van der Waals surface area contributed by atoms with Crippen LogP contribution in [0.4, 0.5) is 34.1 Å². The van der Waals surface area contributed by atoms with Gasteiger partial charge in [0.15, 0.2) is 11.4 Å². The zero-order valence-electron chi connectivity index (χ0n) is 36.5. The average molecular weight is 868 g/mol. The van der Waals surface area contributed by atoms with Crippen molar-refractivity contribution in [1.29, 1.82) is 0 Å². The van der Waals surface area contributed by atoms with Crippen molar-refractivity contribution in [3.8, 4) is 61.8 Å². The molecule has 0 atom stereocenters. The van der Waals surface area contributed by atoms with Gasteiger partial charge in [-0.1, -0.05) is 158 Å². The summed E-state index contributed by atoms with van der Waals surface area (Å²) in [6, 6.07) is 75.3. The molecule has 11 rings (SSSR count). The summed E-state index contributed by atoms with van der Waals surface area (Å²) in [5.74, 6) is 0.428. The van der Waals surface area contributed by atoms with Crippen molar-refractivity contribution in [2.75, 3.05) is 4.90 Å². The van der Waals surface area contributed by atoms with Crippen molar-refractivity contribution in [3.05, 3.63) is 259 Å². The highest BCUT2D eigenvalue weighted by molar-refractivity contribution is 6.11. The van der Waals surface area contributed by atoms with Crippen LogP contribution in [0.3, 0.4) is 0 Å². The Morgan fingerprint density at radius 1 is 0.353 bits per heavy atom. The summed E-state index contributed by atoms with van der Waals surface area (Å²) < 4.78 is 2.22. The topological polar surface area (TPSA) is 47.0 Å². The summed E-state index contributed by atoms with van der Waals surface area (Å²) in [6.45, 7) is 24.0. The van der Waals surface area contributed by atoms with Crippen LogP contribution in [0.2, 0.25) is 0 Å². The Labute approximate surface area is 394 Å².